The molecule has 0 aliphatic heterocycles. The molecular weight excluding hydrogens is 356 g/mol. The van der Waals surface area contributed by atoms with Crippen LogP contribution in [0.3, 0.4) is 0 Å². The monoisotopic (exact) mass is 390 g/mol. The van der Waals surface area contributed by atoms with Crippen LogP contribution in [0.5, 0.6) is 0 Å². The highest BCUT2D eigenvalue weighted by atomic mass is 16.5. The van der Waals surface area contributed by atoms with Crippen molar-refractivity contribution < 1.29 is 24.2 Å². The molecule has 1 N–H and O–H groups in total. The molecule has 0 aromatic carbocycles. The van der Waals surface area contributed by atoms with Crippen LogP contribution in [0.25, 0.3) is 0 Å². The smallest absolute Gasteiger partial charge is 0.302 e. The molecule has 4 fully saturated rings. The Hall–Kier alpha value is -1.23. The van der Waals surface area contributed by atoms with Gasteiger partial charge >= 0.3 is 5.97 Å². The number of carbonyl (C=O) groups excluding carboxylic acids is 3. The van der Waals surface area contributed by atoms with Crippen LogP contribution < -0.4 is 0 Å². The molecule has 0 unspecified atom stereocenters. The van der Waals surface area contributed by atoms with Crippen LogP contribution in [0.4, 0.5) is 0 Å². The summed E-state index contributed by atoms with van der Waals surface area (Å²) in [6, 6.07) is 0. The van der Waals surface area contributed by atoms with E-state index in [1.54, 1.807) is 0 Å². The third-order valence-electron chi connectivity index (χ3n) is 9.53. The van der Waals surface area contributed by atoms with E-state index >= 15 is 0 Å². The predicted octanol–water partition coefficient (Wildman–Crippen LogP) is 3.46. The van der Waals surface area contributed by atoms with E-state index in [1.165, 1.54) is 13.8 Å². The van der Waals surface area contributed by atoms with Crippen LogP contribution in [-0.4, -0.2) is 34.3 Å². The van der Waals surface area contributed by atoms with Gasteiger partial charge < -0.3 is 9.84 Å². The first-order chi connectivity index (χ1) is 13.0. The summed E-state index contributed by atoms with van der Waals surface area (Å²) in [6.45, 7) is 7.10. The summed E-state index contributed by atoms with van der Waals surface area (Å²) in [5.74, 6) is 0.880. The molecule has 28 heavy (non-hydrogen) atoms. The zero-order chi connectivity index (χ0) is 20.5. The number of ketones is 2. The molecule has 0 aromatic heterocycles. The van der Waals surface area contributed by atoms with Crippen LogP contribution >= 0.6 is 0 Å². The summed E-state index contributed by atoms with van der Waals surface area (Å²) in [4.78, 5) is 37.1. The number of fused-ring (bicyclic) bond motifs is 5. The summed E-state index contributed by atoms with van der Waals surface area (Å²) < 4.78 is 5.50. The van der Waals surface area contributed by atoms with Gasteiger partial charge in [0, 0.05) is 13.3 Å². The lowest BCUT2D eigenvalue weighted by molar-refractivity contribution is -0.181. The van der Waals surface area contributed by atoms with Gasteiger partial charge in [-0.05, 0) is 87.9 Å². The Morgan fingerprint density at radius 2 is 1.75 bits per heavy atom. The van der Waals surface area contributed by atoms with E-state index < -0.39 is 11.0 Å². The number of Topliss-reactive ketones (excluding diaryl/α,β-unsaturated/α-hetero) is 2. The topological polar surface area (TPSA) is 80.7 Å². The molecule has 0 aromatic rings. The van der Waals surface area contributed by atoms with Crippen LogP contribution in [0.2, 0.25) is 0 Å². The lowest BCUT2D eigenvalue weighted by atomic mass is 9.44. The number of hydrogen-bond acceptors (Lipinski definition) is 5. The molecular formula is C23H34O5. The minimum absolute atomic E-state index is 0.00553. The maximum absolute atomic E-state index is 13.4. The standard InChI is InChI=1S/C23H34O5/c1-13(24)23(27)10-8-18-17-6-5-15-11-16(28-14(2)25)7-9-21(15,3)19(17)12-20(26)22(18,23)4/h15-19,27H,5-12H2,1-4H3/t15-,16-,17+,18-,19+,21-,22+,23-/m0/s1. The van der Waals surface area contributed by atoms with Gasteiger partial charge in [-0.1, -0.05) is 6.92 Å². The zero-order valence-corrected chi connectivity index (χ0v) is 17.6. The minimum atomic E-state index is -1.50. The normalized spacial score (nSPS) is 50.3. The predicted molar refractivity (Wildman–Crippen MR) is 103 cm³/mol. The first kappa shape index (κ1) is 20.1. The van der Waals surface area contributed by atoms with Crippen LogP contribution in [-0.2, 0) is 19.1 Å². The molecule has 0 saturated heterocycles. The fraction of sp³-hybridized carbons (Fsp3) is 0.870. The summed E-state index contributed by atoms with van der Waals surface area (Å²) >= 11 is 0. The van der Waals surface area contributed by atoms with Gasteiger partial charge in [-0.15, -0.1) is 0 Å². The Bertz CT molecular complexity index is 716. The number of ether oxygens (including phenoxy) is 1. The fourth-order valence-electron chi connectivity index (χ4n) is 7.86. The van der Waals surface area contributed by atoms with Crippen molar-refractivity contribution in [1.29, 1.82) is 0 Å². The van der Waals surface area contributed by atoms with Crippen LogP contribution in [0.15, 0.2) is 0 Å². The van der Waals surface area contributed by atoms with Crippen molar-refractivity contribution in [1.82, 2.24) is 0 Å². The van der Waals surface area contributed by atoms with Crippen molar-refractivity contribution >= 4 is 17.5 Å². The molecule has 0 heterocycles. The lowest BCUT2D eigenvalue weighted by Gasteiger charge is -2.60. The van der Waals surface area contributed by atoms with Gasteiger partial charge in [0.15, 0.2) is 5.78 Å². The highest BCUT2D eigenvalue weighted by Crippen LogP contribution is 2.67. The van der Waals surface area contributed by atoms with Gasteiger partial charge in [0.05, 0.1) is 5.41 Å². The van der Waals surface area contributed by atoms with Gasteiger partial charge in [-0.2, -0.15) is 0 Å². The zero-order valence-electron chi connectivity index (χ0n) is 17.6. The largest absolute Gasteiger partial charge is 0.463 e. The van der Waals surface area contributed by atoms with E-state index in [2.05, 4.69) is 6.92 Å². The fourth-order valence-corrected chi connectivity index (χ4v) is 7.86. The van der Waals surface area contributed by atoms with E-state index in [0.717, 1.165) is 38.5 Å². The Morgan fingerprint density at radius 1 is 1.04 bits per heavy atom. The molecule has 4 rings (SSSR count). The van der Waals surface area contributed by atoms with Crippen molar-refractivity contribution in [2.45, 2.75) is 90.8 Å². The summed E-state index contributed by atoms with van der Waals surface area (Å²) in [5, 5.41) is 11.2. The van der Waals surface area contributed by atoms with E-state index in [4.69, 9.17) is 4.74 Å². The van der Waals surface area contributed by atoms with E-state index in [9.17, 15) is 19.5 Å². The van der Waals surface area contributed by atoms with Crippen molar-refractivity contribution in [2.24, 2.45) is 34.5 Å². The number of hydrogen-bond donors (Lipinski definition) is 1. The van der Waals surface area contributed by atoms with Gasteiger partial charge in [-0.25, -0.2) is 0 Å². The molecule has 0 bridgehead atoms. The molecule has 156 valence electrons. The number of aliphatic hydroxyl groups is 1. The van der Waals surface area contributed by atoms with Crippen molar-refractivity contribution in [2.75, 3.05) is 0 Å². The molecule has 0 amide bonds. The van der Waals surface area contributed by atoms with Crippen LogP contribution in [0.1, 0.15) is 79.1 Å². The van der Waals surface area contributed by atoms with E-state index in [-0.39, 0.29) is 35.0 Å². The maximum atomic E-state index is 13.4. The molecule has 8 atom stereocenters. The molecule has 0 spiro atoms. The molecule has 4 aliphatic carbocycles. The highest BCUT2D eigenvalue weighted by molar-refractivity contribution is 5.97. The number of carbonyl (C=O) groups is 3. The van der Waals surface area contributed by atoms with E-state index in [1.807, 2.05) is 6.92 Å². The van der Waals surface area contributed by atoms with Gasteiger partial charge in [0.1, 0.15) is 17.5 Å². The Labute approximate surface area is 167 Å². The van der Waals surface area contributed by atoms with Gasteiger partial charge in [0.2, 0.25) is 0 Å². The quantitative estimate of drug-likeness (QED) is 0.730. The van der Waals surface area contributed by atoms with Crippen LogP contribution in [0, 0.1) is 34.5 Å². The third kappa shape index (κ3) is 2.50. The second kappa shape index (κ2) is 6.38. The summed E-state index contributed by atoms with van der Waals surface area (Å²) in [7, 11) is 0. The van der Waals surface area contributed by atoms with Gasteiger partial charge in [0.25, 0.3) is 0 Å². The Morgan fingerprint density at radius 3 is 2.39 bits per heavy atom. The van der Waals surface area contributed by atoms with E-state index in [0.29, 0.717) is 30.6 Å². The average Bonchev–Trinajstić information content (AvgIpc) is 2.90. The number of esters is 1. The lowest BCUT2D eigenvalue weighted by Crippen LogP contribution is -2.62. The minimum Gasteiger partial charge on any atom is -0.463 e. The third-order valence-corrected chi connectivity index (χ3v) is 9.53. The molecule has 0 radical (unpaired) electrons. The maximum Gasteiger partial charge on any atom is 0.302 e. The second-order valence-electron chi connectivity index (χ2n) is 10.4. The highest BCUT2D eigenvalue weighted by Gasteiger charge is 2.69. The summed E-state index contributed by atoms with van der Waals surface area (Å²) in [6.07, 6.45) is 6.50. The van der Waals surface area contributed by atoms with Crippen molar-refractivity contribution in [3.8, 4) is 0 Å². The molecule has 5 heteroatoms. The SMILES string of the molecule is CC(=O)O[C@H]1CC[C@@]2(C)[C@@H](CC[C@H]3[C@H]2CC(=O)[C@@]2(C)[C@H]3CC[C@]2(O)C(C)=O)C1. The van der Waals surface area contributed by atoms with Crippen molar-refractivity contribution in [3.05, 3.63) is 0 Å². The first-order valence-electron chi connectivity index (χ1n) is 11.0. The molecule has 4 saturated carbocycles. The summed E-state index contributed by atoms with van der Waals surface area (Å²) in [5.41, 5.74) is -2.35. The average molecular weight is 391 g/mol. The van der Waals surface area contributed by atoms with Gasteiger partial charge in [-0.3, -0.25) is 14.4 Å². The Balaban J connectivity index is 1.62. The first-order valence-corrected chi connectivity index (χ1v) is 11.0. The van der Waals surface area contributed by atoms with Crippen molar-refractivity contribution in [3.63, 3.8) is 0 Å². The number of rotatable bonds is 2. The molecule has 4 aliphatic rings. The molecule has 5 nitrogen and oxygen atoms in total. The second-order valence-corrected chi connectivity index (χ2v) is 10.4. The Kier molecular flexibility index (Phi) is 4.57.